The highest BCUT2D eigenvalue weighted by molar-refractivity contribution is 5.95. The monoisotopic (exact) mass is 368 g/mol. The third-order valence-corrected chi connectivity index (χ3v) is 7.69. The summed E-state index contributed by atoms with van der Waals surface area (Å²) in [5.41, 5.74) is 1.17. The maximum absolute atomic E-state index is 13.2. The second-order valence-corrected chi connectivity index (χ2v) is 9.78. The third kappa shape index (κ3) is 2.67. The number of aliphatic hydroxyl groups is 1. The smallest absolute Gasteiger partial charge is 0.254 e. The number of nitrogens with zero attached hydrogens (tertiary/aromatic N) is 3. The number of hydrogen-bond donors (Lipinski definition) is 2. The summed E-state index contributed by atoms with van der Waals surface area (Å²) in [6.45, 7) is 2.04. The van der Waals surface area contributed by atoms with Crippen molar-refractivity contribution in [2.45, 2.75) is 68.9 Å². The fourth-order valence-corrected chi connectivity index (χ4v) is 6.34. The Kier molecular flexibility index (Phi) is 3.41. The predicted molar refractivity (Wildman–Crippen MR) is 101 cm³/mol. The summed E-state index contributed by atoms with van der Waals surface area (Å²) in [5, 5.41) is 14.1. The summed E-state index contributed by atoms with van der Waals surface area (Å²) in [6, 6.07) is 0.205. The van der Waals surface area contributed by atoms with E-state index in [1.165, 1.54) is 6.42 Å². The van der Waals surface area contributed by atoms with Crippen LogP contribution in [0.2, 0.25) is 0 Å². The van der Waals surface area contributed by atoms with Gasteiger partial charge in [-0.05, 0) is 69.1 Å². The van der Waals surface area contributed by atoms with Crippen LogP contribution in [-0.4, -0.2) is 45.7 Å². The number of carbonyl (C=O) groups excluding carboxylic acids is 1. The van der Waals surface area contributed by atoms with Crippen LogP contribution >= 0.6 is 0 Å². The van der Waals surface area contributed by atoms with Gasteiger partial charge in [0.1, 0.15) is 0 Å². The van der Waals surface area contributed by atoms with E-state index in [0.29, 0.717) is 29.2 Å². The first-order valence-electron chi connectivity index (χ1n) is 10.7. The van der Waals surface area contributed by atoms with Crippen molar-refractivity contribution in [3.63, 3.8) is 0 Å². The van der Waals surface area contributed by atoms with Gasteiger partial charge in [0.15, 0.2) is 0 Å². The molecule has 1 saturated heterocycles. The zero-order valence-corrected chi connectivity index (χ0v) is 15.7. The normalized spacial score (nSPS) is 39.4. The number of hydrogen-bond acceptors (Lipinski definition) is 5. The van der Waals surface area contributed by atoms with E-state index >= 15 is 0 Å². The van der Waals surface area contributed by atoms with E-state index < -0.39 is 5.60 Å². The van der Waals surface area contributed by atoms with Crippen molar-refractivity contribution in [1.29, 1.82) is 0 Å². The number of rotatable bonds is 4. The van der Waals surface area contributed by atoms with Crippen LogP contribution in [0.5, 0.6) is 0 Å². The van der Waals surface area contributed by atoms with Crippen LogP contribution in [0, 0.1) is 17.8 Å². The van der Waals surface area contributed by atoms with Crippen LogP contribution in [0.4, 0.5) is 5.95 Å². The Morgan fingerprint density at radius 3 is 2.52 bits per heavy atom. The Hall–Kier alpha value is -1.69. The highest BCUT2D eigenvalue weighted by atomic mass is 16.3. The van der Waals surface area contributed by atoms with Crippen LogP contribution in [0.1, 0.15) is 73.3 Å². The molecular weight excluding hydrogens is 340 g/mol. The van der Waals surface area contributed by atoms with E-state index in [0.717, 1.165) is 69.7 Å². The lowest BCUT2D eigenvalue weighted by Crippen LogP contribution is -2.61. The first-order valence-corrected chi connectivity index (χ1v) is 10.7. The van der Waals surface area contributed by atoms with Gasteiger partial charge in [-0.3, -0.25) is 4.79 Å². The van der Waals surface area contributed by atoms with Crippen molar-refractivity contribution < 1.29 is 9.90 Å². The van der Waals surface area contributed by atoms with Crippen molar-refractivity contribution in [2.24, 2.45) is 17.8 Å². The summed E-state index contributed by atoms with van der Waals surface area (Å²) >= 11 is 0. The van der Waals surface area contributed by atoms with E-state index in [9.17, 15) is 9.90 Å². The van der Waals surface area contributed by atoms with E-state index in [1.807, 2.05) is 0 Å². The van der Waals surface area contributed by atoms with Gasteiger partial charge in [0.2, 0.25) is 5.95 Å². The first-order chi connectivity index (χ1) is 13.1. The molecule has 27 heavy (non-hydrogen) atoms. The molecule has 2 N–H and O–H groups in total. The zero-order valence-electron chi connectivity index (χ0n) is 15.7. The summed E-state index contributed by atoms with van der Waals surface area (Å²) in [7, 11) is 0. The highest BCUT2D eigenvalue weighted by Crippen LogP contribution is 2.55. The fourth-order valence-electron chi connectivity index (χ4n) is 6.34. The molecule has 4 bridgehead atoms. The standard InChI is InChI=1S/C21H28N4O2/c26-19(23-17-14-6-12-7-15(17)10-21(27,8-12)9-14)16-11-22-20(25-4-1-5-25)24-18(16)13-2-3-13/h11-15,17,27H,1-10H2,(H,23,26). The topological polar surface area (TPSA) is 78.3 Å². The molecule has 1 aromatic heterocycles. The van der Waals surface area contributed by atoms with Crippen molar-refractivity contribution in [2.75, 3.05) is 18.0 Å². The molecule has 6 fully saturated rings. The average Bonchev–Trinajstić information content (AvgIpc) is 3.40. The van der Waals surface area contributed by atoms with Gasteiger partial charge in [0.25, 0.3) is 5.91 Å². The van der Waals surface area contributed by atoms with Crippen LogP contribution < -0.4 is 10.2 Å². The van der Waals surface area contributed by atoms with Crippen molar-refractivity contribution in [3.05, 3.63) is 17.5 Å². The number of carbonyl (C=O) groups is 1. The van der Waals surface area contributed by atoms with E-state index in [-0.39, 0.29) is 11.9 Å². The van der Waals surface area contributed by atoms with E-state index in [1.54, 1.807) is 6.20 Å². The lowest BCUT2D eigenvalue weighted by atomic mass is 9.52. The van der Waals surface area contributed by atoms with Crippen LogP contribution in [-0.2, 0) is 0 Å². The molecule has 6 aliphatic rings. The third-order valence-electron chi connectivity index (χ3n) is 7.69. The molecule has 7 rings (SSSR count). The molecular formula is C21H28N4O2. The van der Waals surface area contributed by atoms with Crippen molar-refractivity contribution in [3.8, 4) is 0 Å². The van der Waals surface area contributed by atoms with Crippen LogP contribution in [0.25, 0.3) is 0 Å². The van der Waals surface area contributed by atoms with Gasteiger partial charge >= 0.3 is 0 Å². The number of nitrogens with one attached hydrogen (secondary N) is 1. The van der Waals surface area contributed by atoms with E-state index in [2.05, 4.69) is 15.2 Å². The maximum Gasteiger partial charge on any atom is 0.254 e. The van der Waals surface area contributed by atoms with E-state index in [4.69, 9.17) is 4.98 Å². The molecule has 5 saturated carbocycles. The van der Waals surface area contributed by atoms with Gasteiger partial charge in [-0.25, -0.2) is 9.97 Å². The van der Waals surface area contributed by atoms with Crippen LogP contribution in [0.3, 0.4) is 0 Å². The highest BCUT2D eigenvalue weighted by Gasteiger charge is 2.55. The molecule has 2 atom stereocenters. The number of amides is 1. The number of anilines is 1. The quantitative estimate of drug-likeness (QED) is 0.852. The Morgan fingerprint density at radius 2 is 1.93 bits per heavy atom. The second-order valence-electron chi connectivity index (χ2n) is 9.78. The predicted octanol–water partition coefficient (Wildman–Crippen LogP) is 2.23. The fraction of sp³-hybridized carbons (Fsp3) is 0.762. The summed E-state index contributed by atoms with van der Waals surface area (Å²) in [5.74, 6) is 2.72. The summed E-state index contributed by atoms with van der Waals surface area (Å²) < 4.78 is 0. The largest absolute Gasteiger partial charge is 0.390 e. The molecule has 6 heteroatoms. The van der Waals surface area contributed by atoms with Gasteiger partial charge in [-0.1, -0.05) is 0 Å². The van der Waals surface area contributed by atoms with Gasteiger partial charge in [0.05, 0.1) is 16.9 Å². The molecule has 144 valence electrons. The minimum atomic E-state index is -0.459. The van der Waals surface area contributed by atoms with Gasteiger partial charge < -0.3 is 15.3 Å². The minimum Gasteiger partial charge on any atom is -0.390 e. The molecule has 1 aromatic rings. The number of aromatic nitrogens is 2. The molecule has 0 spiro atoms. The molecule has 2 unspecified atom stereocenters. The summed E-state index contributed by atoms with van der Waals surface area (Å²) in [4.78, 5) is 24.6. The van der Waals surface area contributed by atoms with Crippen LogP contribution in [0.15, 0.2) is 6.20 Å². The summed E-state index contributed by atoms with van der Waals surface area (Å²) in [6.07, 6.45) is 10.2. The van der Waals surface area contributed by atoms with Gasteiger partial charge in [-0.2, -0.15) is 0 Å². The van der Waals surface area contributed by atoms with Crippen molar-refractivity contribution in [1.82, 2.24) is 15.3 Å². The maximum atomic E-state index is 13.2. The zero-order chi connectivity index (χ0) is 18.2. The average molecular weight is 368 g/mol. The molecule has 5 aliphatic carbocycles. The first kappa shape index (κ1) is 16.3. The Bertz CT molecular complexity index is 772. The van der Waals surface area contributed by atoms with Gasteiger partial charge in [-0.15, -0.1) is 0 Å². The lowest BCUT2D eigenvalue weighted by molar-refractivity contribution is -0.136. The van der Waals surface area contributed by atoms with Gasteiger partial charge in [0, 0.05) is 31.2 Å². The SMILES string of the molecule is O=C(NC1C2CC3CC1CC(O)(C3)C2)c1cnc(N2CCC2)nc1C1CC1. The second kappa shape index (κ2) is 5.66. The lowest BCUT2D eigenvalue weighted by Gasteiger charge is -2.58. The molecule has 1 aliphatic heterocycles. The minimum absolute atomic E-state index is 0.00322. The molecule has 0 radical (unpaired) electrons. The Labute approximate surface area is 159 Å². The van der Waals surface area contributed by atoms with Crippen molar-refractivity contribution >= 4 is 11.9 Å². The molecule has 2 heterocycles. The molecule has 1 amide bonds. The molecule has 0 aromatic carbocycles. The Balaban J connectivity index is 1.24. The molecule has 6 nitrogen and oxygen atoms in total. The Morgan fingerprint density at radius 1 is 1.19 bits per heavy atom.